The fourth-order valence-electron chi connectivity index (χ4n) is 4.16. The van der Waals surface area contributed by atoms with E-state index in [1.165, 1.54) is 5.56 Å². The summed E-state index contributed by atoms with van der Waals surface area (Å²) >= 11 is 0. The number of para-hydroxylation sites is 2. The first-order chi connectivity index (χ1) is 13.2. The second kappa shape index (κ2) is 6.20. The number of carbonyl (C=O) groups is 1. The van der Waals surface area contributed by atoms with E-state index in [1.54, 1.807) is 18.3 Å². The molecule has 5 nitrogen and oxygen atoms in total. The van der Waals surface area contributed by atoms with Crippen LogP contribution in [0.5, 0.6) is 5.75 Å². The molecule has 1 aliphatic heterocycles. The number of fused-ring (bicyclic) bond motifs is 2. The molecule has 2 heterocycles. The molecule has 27 heavy (non-hydrogen) atoms. The molecule has 5 rings (SSSR count). The molecule has 1 N–H and O–H groups in total. The van der Waals surface area contributed by atoms with Gasteiger partial charge in [0.1, 0.15) is 5.75 Å². The first-order valence-corrected chi connectivity index (χ1v) is 9.23. The van der Waals surface area contributed by atoms with Crippen molar-refractivity contribution in [1.82, 2.24) is 9.97 Å². The van der Waals surface area contributed by atoms with Crippen LogP contribution < -0.4 is 4.90 Å². The molecule has 0 saturated heterocycles. The molecule has 0 amide bonds. The van der Waals surface area contributed by atoms with Gasteiger partial charge in [-0.3, -0.25) is 4.79 Å². The van der Waals surface area contributed by atoms with Gasteiger partial charge in [0.25, 0.3) is 0 Å². The summed E-state index contributed by atoms with van der Waals surface area (Å²) in [5.74, 6) is 0.864. The molecule has 0 fully saturated rings. The Morgan fingerprint density at radius 2 is 1.85 bits per heavy atom. The Kier molecular flexibility index (Phi) is 3.67. The van der Waals surface area contributed by atoms with Gasteiger partial charge >= 0.3 is 0 Å². The van der Waals surface area contributed by atoms with Crippen LogP contribution in [0.4, 0.5) is 11.6 Å². The quantitative estimate of drug-likeness (QED) is 0.756. The van der Waals surface area contributed by atoms with E-state index >= 15 is 0 Å². The average Bonchev–Trinajstić information content (AvgIpc) is 3.12. The van der Waals surface area contributed by atoms with Gasteiger partial charge in [0, 0.05) is 30.8 Å². The van der Waals surface area contributed by atoms with E-state index in [4.69, 9.17) is 4.98 Å². The first kappa shape index (κ1) is 16.0. The fourth-order valence-corrected chi connectivity index (χ4v) is 4.16. The maximum Gasteiger partial charge on any atom is 0.230 e. The van der Waals surface area contributed by atoms with Crippen molar-refractivity contribution in [3.63, 3.8) is 0 Å². The molecule has 0 spiro atoms. The van der Waals surface area contributed by atoms with Gasteiger partial charge in [0.15, 0.2) is 5.78 Å². The number of carbonyl (C=O) groups excluding carboxylic acids is 1. The van der Waals surface area contributed by atoms with Gasteiger partial charge in [-0.2, -0.15) is 0 Å². The number of hydrogen-bond acceptors (Lipinski definition) is 5. The smallest absolute Gasteiger partial charge is 0.230 e. The Labute approximate surface area is 157 Å². The van der Waals surface area contributed by atoms with Gasteiger partial charge in [-0.15, -0.1) is 0 Å². The van der Waals surface area contributed by atoms with Crippen molar-refractivity contribution in [2.45, 2.75) is 25.2 Å². The maximum absolute atomic E-state index is 12.6. The SMILES string of the molecule is O=C1CC(c2ccccc2O)Cc2nc(N3CCc4ccccc43)ncc21. The number of aromatic nitrogens is 2. The zero-order chi connectivity index (χ0) is 18.4. The monoisotopic (exact) mass is 357 g/mol. The molecule has 1 unspecified atom stereocenters. The third-order valence-corrected chi connectivity index (χ3v) is 5.53. The molecular formula is C22H19N3O2. The number of phenols is 1. The van der Waals surface area contributed by atoms with Crippen molar-refractivity contribution >= 4 is 17.4 Å². The van der Waals surface area contributed by atoms with E-state index in [1.807, 2.05) is 24.3 Å². The van der Waals surface area contributed by atoms with Crippen LogP contribution in [0, 0.1) is 0 Å². The molecule has 1 aromatic heterocycles. The highest BCUT2D eigenvalue weighted by atomic mass is 16.3. The highest BCUT2D eigenvalue weighted by Crippen LogP contribution is 2.37. The topological polar surface area (TPSA) is 66.3 Å². The van der Waals surface area contributed by atoms with E-state index in [0.29, 0.717) is 24.4 Å². The molecule has 3 aromatic rings. The van der Waals surface area contributed by atoms with Crippen molar-refractivity contribution in [2.75, 3.05) is 11.4 Å². The lowest BCUT2D eigenvalue weighted by atomic mass is 9.82. The summed E-state index contributed by atoms with van der Waals surface area (Å²) in [6.45, 7) is 0.842. The minimum absolute atomic E-state index is 0.0397. The molecule has 5 heteroatoms. The van der Waals surface area contributed by atoms with Crippen LogP contribution in [0.25, 0.3) is 0 Å². The van der Waals surface area contributed by atoms with Gasteiger partial charge < -0.3 is 10.0 Å². The van der Waals surface area contributed by atoms with Gasteiger partial charge in [-0.1, -0.05) is 36.4 Å². The minimum Gasteiger partial charge on any atom is -0.508 e. The number of benzene rings is 2. The number of rotatable bonds is 2. The van der Waals surface area contributed by atoms with Crippen molar-refractivity contribution in [1.29, 1.82) is 0 Å². The molecule has 0 saturated carbocycles. The van der Waals surface area contributed by atoms with Gasteiger partial charge in [-0.05, 0) is 36.1 Å². The van der Waals surface area contributed by atoms with Crippen molar-refractivity contribution in [2.24, 2.45) is 0 Å². The number of hydrogen-bond donors (Lipinski definition) is 1. The molecule has 134 valence electrons. The van der Waals surface area contributed by atoms with Crippen LogP contribution in [0.15, 0.2) is 54.7 Å². The molecule has 1 aliphatic carbocycles. The van der Waals surface area contributed by atoms with E-state index < -0.39 is 0 Å². The Hall–Kier alpha value is -3.21. The number of nitrogens with zero attached hydrogens (tertiary/aromatic N) is 3. The van der Waals surface area contributed by atoms with Crippen molar-refractivity contribution in [3.05, 3.63) is 77.1 Å². The normalized spacial score (nSPS) is 18.3. The Bertz CT molecular complexity index is 1050. The van der Waals surface area contributed by atoms with Crippen LogP contribution in [-0.4, -0.2) is 27.4 Å². The highest BCUT2D eigenvalue weighted by molar-refractivity contribution is 5.98. The summed E-state index contributed by atoms with van der Waals surface area (Å²) in [5.41, 5.74) is 4.62. The van der Waals surface area contributed by atoms with E-state index in [0.717, 1.165) is 29.9 Å². The predicted molar refractivity (Wildman–Crippen MR) is 103 cm³/mol. The standard InChI is InChI=1S/C22H19N3O2/c26-20-8-4-2-6-16(20)15-11-18-17(21(27)12-15)13-23-22(24-18)25-10-9-14-5-1-3-7-19(14)25/h1-8,13,15,26H,9-12H2. The summed E-state index contributed by atoms with van der Waals surface area (Å²) < 4.78 is 0. The third kappa shape index (κ3) is 2.67. The molecule has 2 aromatic carbocycles. The van der Waals surface area contributed by atoms with Gasteiger partial charge in [0.05, 0.1) is 11.3 Å². The molecular weight excluding hydrogens is 338 g/mol. The van der Waals surface area contributed by atoms with Crippen LogP contribution in [0.3, 0.4) is 0 Å². The maximum atomic E-state index is 12.6. The first-order valence-electron chi connectivity index (χ1n) is 9.23. The predicted octanol–water partition coefficient (Wildman–Crippen LogP) is 3.79. The van der Waals surface area contributed by atoms with Gasteiger partial charge in [-0.25, -0.2) is 9.97 Å². The summed E-state index contributed by atoms with van der Waals surface area (Å²) in [6, 6.07) is 15.5. The lowest BCUT2D eigenvalue weighted by Gasteiger charge is -2.25. The summed E-state index contributed by atoms with van der Waals surface area (Å²) in [7, 11) is 0. The number of anilines is 2. The van der Waals surface area contributed by atoms with Crippen LogP contribution >= 0.6 is 0 Å². The van der Waals surface area contributed by atoms with Crippen LogP contribution in [-0.2, 0) is 12.8 Å². The third-order valence-electron chi connectivity index (χ3n) is 5.53. The average molecular weight is 357 g/mol. The Morgan fingerprint density at radius 3 is 2.74 bits per heavy atom. The Balaban J connectivity index is 1.51. The fraction of sp³-hybridized carbons (Fsp3) is 0.227. The van der Waals surface area contributed by atoms with Gasteiger partial charge in [0.2, 0.25) is 5.95 Å². The molecule has 1 atom stereocenters. The zero-order valence-electron chi connectivity index (χ0n) is 14.8. The second-order valence-corrected chi connectivity index (χ2v) is 7.15. The zero-order valence-corrected chi connectivity index (χ0v) is 14.8. The van der Waals surface area contributed by atoms with Crippen LogP contribution in [0.2, 0.25) is 0 Å². The number of aromatic hydroxyl groups is 1. The van der Waals surface area contributed by atoms with Crippen molar-refractivity contribution < 1.29 is 9.90 Å². The minimum atomic E-state index is -0.0557. The van der Waals surface area contributed by atoms with E-state index in [2.05, 4.69) is 22.0 Å². The number of phenolic OH excluding ortho intramolecular Hbond substituents is 1. The summed E-state index contributed by atoms with van der Waals surface area (Å²) in [6.07, 6.45) is 3.64. The lowest BCUT2D eigenvalue weighted by molar-refractivity contribution is 0.0962. The second-order valence-electron chi connectivity index (χ2n) is 7.15. The van der Waals surface area contributed by atoms with E-state index in [9.17, 15) is 9.90 Å². The largest absolute Gasteiger partial charge is 0.508 e. The number of Topliss-reactive ketones (excluding diaryl/α,β-unsaturated/α-hetero) is 1. The lowest BCUT2D eigenvalue weighted by Crippen LogP contribution is -2.23. The Morgan fingerprint density at radius 1 is 1.04 bits per heavy atom. The van der Waals surface area contributed by atoms with Crippen molar-refractivity contribution in [3.8, 4) is 5.75 Å². The van der Waals surface area contributed by atoms with E-state index in [-0.39, 0.29) is 17.5 Å². The summed E-state index contributed by atoms with van der Waals surface area (Å²) in [5, 5.41) is 10.2. The van der Waals surface area contributed by atoms with Crippen LogP contribution in [0.1, 0.15) is 39.5 Å². The summed E-state index contributed by atoms with van der Waals surface area (Å²) in [4.78, 5) is 24.0. The molecule has 0 bridgehead atoms. The highest BCUT2D eigenvalue weighted by Gasteiger charge is 2.30. The molecule has 2 aliphatic rings. The number of ketones is 1. The molecule has 0 radical (unpaired) electrons.